The second-order valence-electron chi connectivity index (χ2n) is 8.24. The van der Waals surface area contributed by atoms with E-state index in [2.05, 4.69) is 5.32 Å². The van der Waals surface area contributed by atoms with Crippen LogP contribution >= 0.6 is 11.8 Å². The van der Waals surface area contributed by atoms with E-state index in [9.17, 15) is 9.59 Å². The topological polar surface area (TPSA) is 89.5 Å². The highest BCUT2D eigenvalue weighted by Gasteiger charge is 2.39. The van der Waals surface area contributed by atoms with Crippen molar-refractivity contribution in [3.8, 4) is 17.2 Å². The Morgan fingerprint density at radius 3 is 2.22 bits per heavy atom. The van der Waals surface area contributed by atoms with Gasteiger partial charge in [0.15, 0.2) is 5.17 Å². The number of nitrogens with zero attached hydrogens (tertiary/aromatic N) is 2. The number of carbonyl (C=O) groups is 2. The molecular formula is C28H29N3O5S. The molecule has 9 heteroatoms. The van der Waals surface area contributed by atoms with Crippen molar-refractivity contribution in [1.82, 2.24) is 4.90 Å². The predicted molar refractivity (Wildman–Crippen MR) is 146 cm³/mol. The molecule has 1 heterocycles. The van der Waals surface area contributed by atoms with Crippen molar-refractivity contribution < 1.29 is 23.8 Å². The van der Waals surface area contributed by atoms with Gasteiger partial charge in [-0.25, -0.2) is 4.99 Å². The summed E-state index contributed by atoms with van der Waals surface area (Å²) in [5, 5.41) is 2.84. The minimum absolute atomic E-state index is 0.0161. The third-order valence-electron chi connectivity index (χ3n) is 5.85. The van der Waals surface area contributed by atoms with Crippen molar-refractivity contribution >= 4 is 40.1 Å². The third kappa shape index (κ3) is 6.62. The molecule has 3 aromatic carbocycles. The van der Waals surface area contributed by atoms with Crippen molar-refractivity contribution in [3.63, 3.8) is 0 Å². The normalized spacial score (nSPS) is 16.1. The summed E-state index contributed by atoms with van der Waals surface area (Å²) in [6, 6.07) is 22.2. The fourth-order valence-electron chi connectivity index (χ4n) is 3.85. The number of ether oxygens (including phenoxy) is 3. The van der Waals surface area contributed by atoms with Gasteiger partial charge in [-0.2, -0.15) is 0 Å². The Kier molecular flexibility index (Phi) is 8.68. The van der Waals surface area contributed by atoms with Gasteiger partial charge in [-0.05, 0) is 60.5 Å². The summed E-state index contributed by atoms with van der Waals surface area (Å²) >= 11 is 1.30. The molecule has 1 unspecified atom stereocenters. The molecule has 2 amide bonds. The summed E-state index contributed by atoms with van der Waals surface area (Å²) < 4.78 is 15.8. The first-order chi connectivity index (χ1) is 18.0. The first-order valence-corrected chi connectivity index (χ1v) is 12.6. The average molecular weight is 520 g/mol. The van der Waals surface area contributed by atoms with Crippen LogP contribution in [0.1, 0.15) is 12.0 Å². The lowest BCUT2D eigenvalue weighted by atomic mass is 10.1. The molecule has 1 N–H and O–H groups in total. The van der Waals surface area contributed by atoms with E-state index < -0.39 is 5.25 Å². The molecule has 192 valence electrons. The standard InChI is InChI=1S/C28H29N3O5S/c1-34-21-12-8-19(9-13-21)16-17-31-27(33)25(18-26(32)30-23-6-4-5-7-24(23)36-3)37-28(31)29-20-10-14-22(35-2)15-11-20/h4-15,25H,16-18H2,1-3H3,(H,30,32). The van der Waals surface area contributed by atoms with Gasteiger partial charge in [0.25, 0.3) is 0 Å². The molecule has 1 fully saturated rings. The van der Waals surface area contributed by atoms with Crippen LogP contribution in [-0.4, -0.2) is 55.0 Å². The van der Waals surface area contributed by atoms with Crippen LogP contribution in [0.25, 0.3) is 0 Å². The van der Waals surface area contributed by atoms with Crippen LogP contribution in [0.2, 0.25) is 0 Å². The molecule has 1 aliphatic rings. The molecule has 4 rings (SSSR count). The van der Waals surface area contributed by atoms with E-state index in [1.807, 2.05) is 60.7 Å². The Morgan fingerprint density at radius 1 is 0.919 bits per heavy atom. The number of carbonyl (C=O) groups excluding carboxylic acids is 2. The number of para-hydroxylation sites is 2. The van der Waals surface area contributed by atoms with Crippen molar-refractivity contribution in [3.05, 3.63) is 78.4 Å². The molecule has 37 heavy (non-hydrogen) atoms. The van der Waals surface area contributed by atoms with Crippen LogP contribution in [-0.2, 0) is 16.0 Å². The summed E-state index contributed by atoms with van der Waals surface area (Å²) in [5.74, 6) is 1.65. The van der Waals surface area contributed by atoms with E-state index in [0.29, 0.717) is 35.3 Å². The number of thioether (sulfide) groups is 1. The second kappa shape index (κ2) is 12.3. The Hall–Kier alpha value is -3.98. The van der Waals surface area contributed by atoms with Crippen LogP contribution < -0.4 is 19.5 Å². The van der Waals surface area contributed by atoms with E-state index in [-0.39, 0.29) is 18.2 Å². The number of amides is 2. The van der Waals surface area contributed by atoms with Gasteiger partial charge < -0.3 is 19.5 Å². The van der Waals surface area contributed by atoms with Gasteiger partial charge in [-0.3, -0.25) is 14.5 Å². The molecule has 0 aliphatic carbocycles. The van der Waals surface area contributed by atoms with Gasteiger partial charge in [-0.15, -0.1) is 0 Å². The number of hydrogen-bond acceptors (Lipinski definition) is 7. The highest BCUT2D eigenvalue weighted by Crippen LogP contribution is 2.33. The van der Waals surface area contributed by atoms with Crippen LogP contribution in [0.3, 0.4) is 0 Å². The fraction of sp³-hybridized carbons (Fsp3) is 0.250. The molecule has 1 atom stereocenters. The number of methoxy groups -OCH3 is 3. The number of nitrogens with one attached hydrogen (secondary N) is 1. The van der Waals surface area contributed by atoms with E-state index in [4.69, 9.17) is 19.2 Å². The lowest BCUT2D eigenvalue weighted by Gasteiger charge is -2.17. The first-order valence-electron chi connectivity index (χ1n) is 11.8. The highest BCUT2D eigenvalue weighted by atomic mass is 32.2. The SMILES string of the molecule is COc1ccc(CCN2C(=O)C(CC(=O)Nc3ccccc3OC)SC2=Nc2ccc(OC)cc2)cc1. The van der Waals surface area contributed by atoms with Crippen LogP contribution in [0, 0.1) is 0 Å². The van der Waals surface area contributed by atoms with Gasteiger partial charge in [0.05, 0.1) is 32.7 Å². The second-order valence-corrected chi connectivity index (χ2v) is 9.41. The smallest absolute Gasteiger partial charge is 0.242 e. The van der Waals surface area contributed by atoms with E-state index in [0.717, 1.165) is 17.1 Å². The number of aliphatic imine (C=N–C) groups is 1. The zero-order chi connectivity index (χ0) is 26.2. The van der Waals surface area contributed by atoms with Gasteiger partial charge in [0.2, 0.25) is 11.8 Å². The minimum atomic E-state index is -0.581. The number of rotatable bonds is 10. The molecule has 0 spiro atoms. The molecule has 8 nitrogen and oxygen atoms in total. The van der Waals surface area contributed by atoms with Crippen LogP contribution in [0.5, 0.6) is 17.2 Å². The maximum absolute atomic E-state index is 13.4. The van der Waals surface area contributed by atoms with Crippen molar-refractivity contribution in [1.29, 1.82) is 0 Å². The zero-order valence-electron chi connectivity index (χ0n) is 21.0. The Balaban J connectivity index is 1.51. The number of benzene rings is 3. The molecule has 0 saturated carbocycles. The lowest BCUT2D eigenvalue weighted by Crippen LogP contribution is -2.35. The quantitative estimate of drug-likeness (QED) is 0.409. The fourth-order valence-corrected chi connectivity index (χ4v) is 5.03. The van der Waals surface area contributed by atoms with Gasteiger partial charge in [-0.1, -0.05) is 36.0 Å². The maximum Gasteiger partial charge on any atom is 0.242 e. The number of anilines is 1. The minimum Gasteiger partial charge on any atom is -0.497 e. The zero-order valence-corrected chi connectivity index (χ0v) is 21.8. The number of hydrogen-bond donors (Lipinski definition) is 1. The van der Waals surface area contributed by atoms with Crippen LogP contribution in [0.15, 0.2) is 77.8 Å². The molecule has 0 radical (unpaired) electrons. The monoisotopic (exact) mass is 519 g/mol. The largest absolute Gasteiger partial charge is 0.497 e. The summed E-state index contributed by atoms with van der Waals surface area (Å²) in [5.41, 5.74) is 2.33. The summed E-state index contributed by atoms with van der Waals surface area (Å²) in [4.78, 5) is 32.7. The Bertz CT molecular complexity index is 1260. The van der Waals surface area contributed by atoms with Crippen molar-refractivity contribution in [2.75, 3.05) is 33.2 Å². The average Bonchev–Trinajstić information content (AvgIpc) is 3.21. The molecule has 1 saturated heterocycles. The summed E-state index contributed by atoms with van der Waals surface area (Å²) in [6.45, 7) is 0.442. The van der Waals surface area contributed by atoms with Crippen LogP contribution in [0.4, 0.5) is 11.4 Å². The lowest BCUT2D eigenvalue weighted by molar-refractivity contribution is -0.128. The Labute approximate surface area is 220 Å². The molecular weight excluding hydrogens is 490 g/mol. The third-order valence-corrected chi connectivity index (χ3v) is 7.03. The molecule has 0 aromatic heterocycles. The van der Waals surface area contributed by atoms with E-state index in [1.54, 1.807) is 38.4 Å². The molecule has 1 aliphatic heterocycles. The summed E-state index contributed by atoms with van der Waals surface area (Å²) in [6.07, 6.45) is 0.653. The van der Waals surface area contributed by atoms with Gasteiger partial charge >= 0.3 is 0 Å². The maximum atomic E-state index is 13.4. The summed E-state index contributed by atoms with van der Waals surface area (Å²) in [7, 11) is 4.78. The van der Waals surface area contributed by atoms with E-state index >= 15 is 0 Å². The molecule has 3 aromatic rings. The Morgan fingerprint density at radius 2 is 1.57 bits per heavy atom. The van der Waals surface area contributed by atoms with E-state index in [1.165, 1.54) is 11.8 Å². The highest BCUT2D eigenvalue weighted by molar-refractivity contribution is 8.15. The van der Waals surface area contributed by atoms with Gasteiger partial charge in [0, 0.05) is 13.0 Å². The van der Waals surface area contributed by atoms with Gasteiger partial charge in [0.1, 0.15) is 22.5 Å². The number of amidine groups is 1. The first kappa shape index (κ1) is 26.1. The van der Waals surface area contributed by atoms with Crippen molar-refractivity contribution in [2.24, 2.45) is 4.99 Å². The molecule has 0 bridgehead atoms. The predicted octanol–water partition coefficient (Wildman–Crippen LogP) is 4.92. The van der Waals surface area contributed by atoms with Crippen molar-refractivity contribution in [2.45, 2.75) is 18.1 Å².